The number of carbonyl (C=O) groups is 1. The van der Waals surface area contributed by atoms with Gasteiger partial charge in [0, 0.05) is 32.4 Å². The van der Waals surface area contributed by atoms with Crippen LogP contribution in [0.2, 0.25) is 5.02 Å². The van der Waals surface area contributed by atoms with Crippen molar-refractivity contribution in [3.05, 3.63) is 35.5 Å². The number of aromatic nitrogens is 4. The number of hydrogen-bond donors (Lipinski definition) is 0. The molecule has 2 aromatic heterocycles. The number of nitrogens with zero attached hydrogens (tertiary/aromatic N) is 6. The molecule has 0 N–H and O–H groups in total. The Balaban J connectivity index is 1.75. The molecule has 1 aliphatic rings. The molecule has 0 saturated carbocycles. The molecule has 0 spiro atoms. The fourth-order valence-electron chi connectivity index (χ4n) is 2.50. The van der Waals surface area contributed by atoms with Crippen molar-refractivity contribution in [1.82, 2.24) is 29.5 Å². The topological polar surface area (TPSA) is 67.2 Å². The van der Waals surface area contributed by atoms with E-state index in [-0.39, 0.29) is 5.91 Å². The van der Waals surface area contributed by atoms with Crippen LogP contribution in [0.3, 0.4) is 0 Å². The molecule has 0 atom stereocenters. The summed E-state index contributed by atoms with van der Waals surface area (Å²) in [5.41, 5.74) is 0.506. The molecular weight excluding hydrogens is 304 g/mol. The quantitative estimate of drug-likeness (QED) is 0.847. The molecule has 1 fully saturated rings. The van der Waals surface area contributed by atoms with Gasteiger partial charge in [-0.05, 0) is 12.6 Å². The van der Waals surface area contributed by atoms with E-state index in [9.17, 15) is 4.79 Å². The van der Waals surface area contributed by atoms with E-state index < -0.39 is 0 Å². The fraction of sp³-hybridized carbons (Fsp3) is 0.429. The molecule has 0 aliphatic carbocycles. The summed E-state index contributed by atoms with van der Waals surface area (Å²) in [6.07, 6.45) is 4.58. The third kappa shape index (κ3) is 2.95. The van der Waals surface area contributed by atoms with Gasteiger partial charge in [0.05, 0.1) is 10.6 Å². The van der Waals surface area contributed by atoms with E-state index in [4.69, 9.17) is 11.6 Å². The fourth-order valence-corrected chi connectivity index (χ4v) is 2.76. The summed E-state index contributed by atoms with van der Waals surface area (Å²) >= 11 is 6.23. The van der Waals surface area contributed by atoms with Crippen molar-refractivity contribution in [1.29, 1.82) is 0 Å². The number of carbonyl (C=O) groups excluding carboxylic acids is 1. The molecule has 2 aromatic rings. The van der Waals surface area contributed by atoms with E-state index in [1.807, 2.05) is 4.90 Å². The molecule has 8 heteroatoms. The highest BCUT2D eigenvalue weighted by atomic mass is 35.5. The zero-order valence-electron chi connectivity index (χ0n) is 12.3. The summed E-state index contributed by atoms with van der Waals surface area (Å²) in [5.74, 6) is 0.486. The zero-order valence-corrected chi connectivity index (χ0v) is 13.1. The molecule has 1 saturated heterocycles. The second-order valence-electron chi connectivity index (χ2n) is 5.13. The van der Waals surface area contributed by atoms with Crippen molar-refractivity contribution in [3.63, 3.8) is 0 Å². The molecule has 1 aliphatic heterocycles. The number of amides is 1. The molecule has 7 nitrogen and oxygen atoms in total. The van der Waals surface area contributed by atoms with Crippen molar-refractivity contribution < 1.29 is 4.79 Å². The van der Waals surface area contributed by atoms with E-state index in [1.165, 1.54) is 12.7 Å². The maximum absolute atomic E-state index is 12.5. The van der Waals surface area contributed by atoms with Gasteiger partial charge in [-0.1, -0.05) is 18.5 Å². The number of piperazine rings is 1. The van der Waals surface area contributed by atoms with Crippen LogP contribution in [0, 0.1) is 0 Å². The highest BCUT2D eigenvalue weighted by Gasteiger charge is 2.22. The number of pyridine rings is 1. The first-order valence-corrected chi connectivity index (χ1v) is 7.59. The average molecular weight is 321 g/mol. The molecule has 0 bridgehead atoms. The van der Waals surface area contributed by atoms with Gasteiger partial charge >= 0.3 is 0 Å². The maximum atomic E-state index is 12.5. The van der Waals surface area contributed by atoms with Gasteiger partial charge < -0.3 is 9.80 Å². The molecule has 0 radical (unpaired) electrons. The Labute approximate surface area is 133 Å². The van der Waals surface area contributed by atoms with Gasteiger partial charge in [0.2, 0.25) is 0 Å². The Kier molecular flexibility index (Phi) is 4.35. The van der Waals surface area contributed by atoms with Crippen molar-refractivity contribution in [2.75, 3.05) is 32.7 Å². The molecule has 0 aromatic carbocycles. The minimum absolute atomic E-state index is 0.0274. The van der Waals surface area contributed by atoms with Crippen LogP contribution in [0.4, 0.5) is 0 Å². The Morgan fingerprint density at radius 3 is 2.50 bits per heavy atom. The summed E-state index contributed by atoms with van der Waals surface area (Å²) < 4.78 is 1.61. The third-order valence-corrected chi connectivity index (χ3v) is 4.12. The standard InChI is InChI=1S/C14H17ClN6O/c1-2-19-3-5-20(6-4-19)14(22)11-7-12(15)13(16-8-11)21-9-17-18-10-21/h7-10H,2-6H2,1H3. The van der Waals surface area contributed by atoms with Crippen molar-refractivity contribution in [2.45, 2.75) is 6.92 Å². The minimum Gasteiger partial charge on any atom is -0.336 e. The lowest BCUT2D eigenvalue weighted by molar-refractivity contribution is 0.0643. The predicted octanol–water partition coefficient (Wildman–Crippen LogP) is 1.09. The van der Waals surface area contributed by atoms with E-state index in [0.717, 1.165) is 32.7 Å². The van der Waals surface area contributed by atoms with E-state index in [0.29, 0.717) is 16.4 Å². The van der Waals surface area contributed by atoms with Crippen LogP contribution in [0.25, 0.3) is 5.82 Å². The smallest absolute Gasteiger partial charge is 0.255 e. The second-order valence-corrected chi connectivity index (χ2v) is 5.53. The lowest BCUT2D eigenvalue weighted by atomic mass is 10.2. The Bertz CT molecular complexity index is 651. The van der Waals surface area contributed by atoms with Gasteiger partial charge in [0.1, 0.15) is 12.7 Å². The summed E-state index contributed by atoms with van der Waals surface area (Å²) in [4.78, 5) is 21.0. The van der Waals surface area contributed by atoms with Crippen LogP contribution in [-0.2, 0) is 0 Å². The van der Waals surface area contributed by atoms with Crippen molar-refractivity contribution in [2.24, 2.45) is 0 Å². The van der Waals surface area contributed by atoms with Crippen molar-refractivity contribution >= 4 is 17.5 Å². The average Bonchev–Trinajstić information content (AvgIpc) is 3.08. The minimum atomic E-state index is -0.0274. The first-order valence-electron chi connectivity index (χ1n) is 7.21. The van der Waals surface area contributed by atoms with Crippen molar-refractivity contribution in [3.8, 4) is 5.82 Å². The number of hydrogen-bond acceptors (Lipinski definition) is 5. The third-order valence-electron chi connectivity index (χ3n) is 3.84. The summed E-state index contributed by atoms with van der Waals surface area (Å²) in [5, 5.41) is 7.84. The Hall–Kier alpha value is -1.99. The van der Waals surface area contributed by atoms with Crippen LogP contribution in [0.5, 0.6) is 0 Å². The molecule has 3 heterocycles. The summed E-state index contributed by atoms with van der Waals surface area (Å²) in [6, 6.07) is 1.65. The lowest BCUT2D eigenvalue weighted by Gasteiger charge is -2.34. The van der Waals surface area contributed by atoms with Gasteiger partial charge in [-0.25, -0.2) is 4.98 Å². The van der Waals surface area contributed by atoms with Crippen LogP contribution in [0.15, 0.2) is 24.9 Å². The van der Waals surface area contributed by atoms with Gasteiger partial charge in [0.15, 0.2) is 5.82 Å². The summed E-state index contributed by atoms with van der Waals surface area (Å²) in [7, 11) is 0. The number of likely N-dealkylation sites (N-methyl/N-ethyl adjacent to an activating group) is 1. The van der Waals surface area contributed by atoms with Gasteiger partial charge in [-0.2, -0.15) is 0 Å². The molecule has 1 amide bonds. The first kappa shape index (κ1) is 14.9. The maximum Gasteiger partial charge on any atom is 0.255 e. The highest BCUT2D eigenvalue weighted by Crippen LogP contribution is 2.20. The molecule has 22 heavy (non-hydrogen) atoms. The predicted molar refractivity (Wildman–Crippen MR) is 82.2 cm³/mol. The SMILES string of the molecule is CCN1CCN(C(=O)c2cnc(-n3cnnc3)c(Cl)c2)CC1. The van der Waals surface area contributed by atoms with Gasteiger partial charge in [-0.3, -0.25) is 9.36 Å². The Morgan fingerprint density at radius 2 is 1.91 bits per heavy atom. The van der Waals surface area contributed by atoms with Crippen LogP contribution >= 0.6 is 11.6 Å². The van der Waals surface area contributed by atoms with Crippen LogP contribution in [0.1, 0.15) is 17.3 Å². The molecular formula is C14H17ClN6O. The normalized spacial score (nSPS) is 16.0. The molecule has 3 rings (SSSR count). The molecule has 116 valence electrons. The number of halogens is 1. The van der Waals surface area contributed by atoms with E-state index >= 15 is 0 Å². The van der Waals surface area contributed by atoms with E-state index in [1.54, 1.807) is 16.8 Å². The van der Waals surface area contributed by atoms with Gasteiger partial charge in [0.25, 0.3) is 5.91 Å². The molecule has 0 unspecified atom stereocenters. The highest BCUT2D eigenvalue weighted by molar-refractivity contribution is 6.32. The lowest BCUT2D eigenvalue weighted by Crippen LogP contribution is -2.48. The second kappa shape index (κ2) is 6.41. The summed E-state index contributed by atoms with van der Waals surface area (Å²) in [6.45, 7) is 6.42. The first-order chi connectivity index (χ1) is 10.7. The number of rotatable bonds is 3. The Morgan fingerprint density at radius 1 is 1.23 bits per heavy atom. The van der Waals surface area contributed by atoms with E-state index in [2.05, 4.69) is 27.0 Å². The van der Waals surface area contributed by atoms with Crippen LogP contribution in [-0.4, -0.2) is 68.2 Å². The van der Waals surface area contributed by atoms with Gasteiger partial charge in [-0.15, -0.1) is 10.2 Å². The zero-order chi connectivity index (χ0) is 15.5. The van der Waals surface area contributed by atoms with Crippen LogP contribution < -0.4 is 0 Å². The monoisotopic (exact) mass is 320 g/mol. The largest absolute Gasteiger partial charge is 0.336 e.